The van der Waals surface area contributed by atoms with Crippen molar-refractivity contribution in [3.8, 4) is 0 Å². The van der Waals surface area contributed by atoms with E-state index in [9.17, 15) is 13.6 Å². The summed E-state index contributed by atoms with van der Waals surface area (Å²) < 4.78 is 26.1. The first kappa shape index (κ1) is 11.7. The molecule has 0 aliphatic carbocycles. The van der Waals surface area contributed by atoms with Crippen LogP contribution in [-0.4, -0.2) is 10.9 Å². The van der Waals surface area contributed by atoms with E-state index in [2.05, 4.69) is 10.3 Å². The SMILES string of the molecule is O=C(Cc1cscn1)Nc1cccc(F)c1F. The van der Waals surface area contributed by atoms with Gasteiger partial charge in [-0.3, -0.25) is 4.79 Å². The van der Waals surface area contributed by atoms with Crippen molar-refractivity contribution >= 4 is 22.9 Å². The van der Waals surface area contributed by atoms with E-state index in [0.29, 0.717) is 5.69 Å². The minimum Gasteiger partial charge on any atom is -0.323 e. The highest BCUT2D eigenvalue weighted by atomic mass is 32.1. The van der Waals surface area contributed by atoms with Crippen molar-refractivity contribution in [2.45, 2.75) is 6.42 Å². The lowest BCUT2D eigenvalue weighted by Crippen LogP contribution is -2.15. The number of anilines is 1. The molecule has 0 saturated carbocycles. The quantitative estimate of drug-likeness (QED) is 0.914. The maximum atomic E-state index is 13.2. The van der Waals surface area contributed by atoms with Crippen LogP contribution in [0.4, 0.5) is 14.5 Å². The average Bonchev–Trinajstić information content (AvgIpc) is 2.77. The molecule has 2 aromatic rings. The Balaban J connectivity index is 2.06. The number of nitrogens with one attached hydrogen (secondary N) is 1. The maximum absolute atomic E-state index is 13.2. The summed E-state index contributed by atoms with van der Waals surface area (Å²) in [7, 11) is 0. The van der Waals surface area contributed by atoms with Gasteiger partial charge in [0.1, 0.15) is 0 Å². The zero-order valence-corrected chi connectivity index (χ0v) is 9.43. The van der Waals surface area contributed by atoms with Gasteiger partial charge in [-0.25, -0.2) is 13.8 Å². The van der Waals surface area contributed by atoms with Gasteiger partial charge < -0.3 is 5.32 Å². The summed E-state index contributed by atoms with van der Waals surface area (Å²) in [6.45, 7) is 0. The molecule has 0 fully saturated rings. The highest BCUT2D eigenvalue weighted by Crippen LogP contribution is 2.16. The Bertz CT molecular complexity index is 528. The lowest BCUT2D eigenvalue weighted by Gasteiger charge is -2.05. The minimum atomic E-state index is -1.06. The van der Waals surface area contributed by atoms with Crippen LogP contribution in [0.3, 0.4) is 0 Å². The van der Waals surface area contributed by atoms with Crippen LogP contribution >= 0.6 is 11.3 Å². The zero-order chi connectivity index (χ0) is 12.3. The standard InChI is InChI=1S/C11H8F2N2OS/c12-8-2-1-3-9(11(8)13)15-10(16)4-7-5-17-6-14-7/h1-3,5-6H,4H2,(H,15,16). The molecule has 0 saturated heterocycles. The fourth-order valence-corrected chi connectivity index (χ4v) is 1.84. The molecule has 0 spiro atoms. The third-order valence-electron chi connectivity index (χ3n) is 2.05. The van der Waals surface area contributed by atoms with E-state index in [0.717, 1.165) is 6.07 Å². The fraction of sp³-hybridized carbons (Fsp3) is 0.0909. The number of nitrogens with zero attached hydrogens (tertiary/aromatic N) is 1. The lowest BCUT2D eigenvalue weighted by molar-refractivity contribution is -0.115. The Labute approximate surface area is 100 Å². The Kier molecular flexibility index (Phi) is 3.43. The summed E-state index contributed by atoms with van der Waals surface area (Å²) in [4.78, 5) is 15.4. The second kappa shape index (κ2) is 5.01. The molecule has 0 atom stereocenters. The van der Waals surface area contributed by atoms with Crippen LogP contribution in [0.15, 0.2) is 29.1 Å². The number of halogens is 2. The molecule has 0 bridgehead atoms. The molecule has 0 unspecified atom stereocenters. The number of carbonyl (C=O) groups is 1. The molecule has 88 valence electrons. The van der Waals surface area contributed by atoms with Crippen LogP contribution in [0.25, 0.3) is 0 Å². The molecule has 0 aliphatic heterocycles. The van der Waals surface area contributed by atoms with Crippen molar-refractivity contribution in [2.75, 3.05) is 5.32 Å². The number of rotatable bonds is 3. The smallest absolute Gasteiger partial charge is 0.230 e. The molecule has 0 radical (unpaired) electrons. The molecule has 1 aromatic heterocycles. The predicted octanol–water partition coefficient (Wildman–Crippen LogP) is 2.60. The summed E-state index contributed by atoms with van der Waals surface area (Å²) in [6, 6.07) is 3.62. The van der Waals surface area contributed by atoms with E-state index in [-0.39, 0.29) is 12.1 Å². The second-order valence-electron chi connectivity index (χ2n) is 3.31. The van der Waals surface area contributed by atoms with E-state index < -0.39 is 17.5 Å². The first-order chi connectivity index (χ1) is 8.16. The third kappa shape index (κ3) is 2.85. The van der Waals surface area contributed by atoms with Gasteiger partial charge in [0.2, 0.25) is 5.91 Å². The molecular formula is C11H8F2N2OS. The summed E-state index contributed by atoms with van der Waals surface area (Å²) in [5, 5.41) is 4.02. The van der Waals surface area contributed by atoms with Gasteiger partial charge in [0, 0.05) is 5.38 Å². The Morgan fingerprint density at radius 3 is 2.94 bits per heavy atom. The number of aromatic nitrogens is 1. The van der Waals surface area contributed by atoms with Gasteiger partial charge >= 0.3 is 0 Å². The van der Waals surface area contributed by atoms with Crippen molar-refractivity contribution in [1.29, 1.82) is 0 Å². The van der Waals surface area contributed by atoms with Crippen LogP contribution in [0.1, 0.15) is 5.69 Å². The number of thiazole rings is 1. The zero-order valence-electron chi connectivity index (χ0n) is 8.61. The van der Waals surface area contributed by atoms with Crippen molar-refractivity contribution in [2.24, 2.45) is 0 Å². The summed E-state index contributed by atoms with van der Waals surface area (Å²) in [6.07, 6.45) is 0.0411. The normalized spacial score (nSPS) is 10.2. The van der Waals surface area contributed by atoms with E-state index in [1.165, 1.54) is 23.5 Å². The monoisotopic (exact) mass is 254 g/mol. The molecule has 1 aromatic carbocycles. The third-order valence-corrected chi connectivity index (χ3v) is 2.69. The molecule has 1 N–H and O–H groups in total. The van der Waals surface area contributed by atoms with Crippen molar-refractivity contribution in [3.63, 3.8) is 0 Å². The minimum absolute atomic E-state index is 0.0411. The number of carbonyl (C=O) groups excluding carboxylic acids is 1. The molecular weight excluding hydrogens is 246 g/mol. The molecule has 6 heteroatoms. The molecule has 17 heavy (non-hydrogen) atoms. The van der Waals surface area contributed by atoms with E-state index in [4.69, 9.17) is 0 Å². The van der Waals surface area contributed by atoms with Gasteiger partial charge in [0.15, 0.2) is 11.6 Å². The highest BCUT2D eigenvalue weighted by Gasteiger charge is 2.11. The van der Waals surface area contributed by atoms with Gasteiger partial charge in [-0.15, -0.1) is 11.3 Å². The van der Waals surface area contributed by atoms with Crippen molar-refractivity contribution in [1.82, 2.24) is 4.98 Å². The average molecular weight is 254 g/mol. The summed E-state index contributed by atoms with van der Waals surface area (Å²) >= 11 is 1.37. The molecule has 2 rings (SSSR count). The number of amides is 1. The van der Waals surface area contributed by atoms with Crippen LogP contribution in [-0.2, 0) is 11.2 Å². The van der Waals surface area contributed by atoms with Gasteiger partial charge in [-0.1, -0.05) is 6.07 Å². The Morgan fingerprint density at radius 1 is 1.41 bits per heavy atom. The first-order valence-corrected chi connectivity index (χ1v) is 5.72. The molecule has 0 aliphatic rings. The number of hydrogen-bond acceptors (Lipinski definition) is 3. The molecule has 1 heterocycles. The van der Waals surface area contributed by atoms with Crippen LogP contribution in [0.5, 0.6) is 0 Å². The van der Waals surface area contributed by atoms with E-state index in [1.54, 1.807) is 10.9 Å². The van der Waals surface area contributed by atoms with Crippen LogP contribution in [0.2, 0.25) is 0 Å². The second-order valence-corrected chi connectivity index (χ2v) is 4.02. The Hall–Kier alpha value is -1.82. The fourth-order valence-electron chi connectivity index (χ4n) is 1.28. The van der Waals surface area contributed by atoms with E-state index >= 15 is 0 Å². The van der Waals surface area contributed by atoms with Gasteiger partial charge in [0.25, 0.3) is 0 Å². The number of benzene rings is 1. The first-order valence-electron chi connectivity index (χ1n) is 4.78. The van der Waals surface area contributed by atoms with Crippen LogP contribution < -0.4 is 5.32 Å². The molecule has 1 amide bonds. The summed E-state index contributed by atoms with van der Waals surface area (Å²) in [5.41, 5.74) is 2.04. The lowest BCUT2D eigenvalue weighted by atomic mass is 10.2. The maximum Gasteiger partial charge on any atom is 0.230 e. The largest absolute Gasteiger partial charge is 0.323 e. The van der Waals surface area contributed by atoms with Gasteiger partial charge in [-0.05, 0) is 12.1 Å². The van der Waals surface area contributed by atoms with E-state index in [1.807, 2.05) is 0 Å². The van der Waals surface area contributed by atoms with Gasteiger partial charge in [0.05, 0.1) is 23.3 Å². The van der Waals surface area contributed by atoms with Gasteiger partial charge in [-0.2, -0.15) is 0 Å². The molecule has 3 nitrogen and oxygen atoms in total. The van der Waals surface area contributed by atoms with Crippen LogP contribution in [0, 0.1) is 11.6 Å². The number of hydrogen-bond donors (Lipinski definition) is 1. The predicted molar refractivity (Wildman–Crippen MR) is 60.8 cm³/mol. The highest BCUT2D eigenvalue weighted by molar-refractivity contribution is 7.07. The summed E-state index contributed by atoms with van der Waals surface area (Å²) in [5.74, 6) is -2.48. The topological polar surface area (TPSA) is 42.0 Å². The Morgan fingerprint density at radius 2 is 2.24 bits per heavy atom. The van der Waals surface area contributed by atoms with Crippen molar-refractivity contribution < 1.29 is 13.6 Å². The van der Waals surface area contributed by atoms with Crippen molar-refractivity contribution in [3.05, 3.63) is 46.4 Å².